The number of nitrogens with two attached hydrogens (primary N) is 1. The molecule has 1 heterocycles. The van der Waals surface area contributed by atoms with E-state index < -0.39 is 0 Å². The van der Waals surface area contributed by atoms with Crippen LogP contribution >= 0.6 is 11.3 Å². The monoisotopic (exact) mass is 182 g/mol. The van der Waals surface area contributed by atoms with Gasteiger partial charge in [-0.15, -0.1) is 11.3 Å². The quantitative estimate of drug-likeness (QED) is 0.565. The van der Waals surface area contributed by atoms with Crippen LogP contribution in [0.5, 0.6) is 0 Å². The number of rotatable bonds is 3. The Morgan fingerprint density at radius 1 is 1.67 bits per heavy atom. The minimum absolute atomic E-state index is 0.739. The second kappa shape index (κ2) is 4.26. The number of amidine groups is 1. The standard InChI is InChI=1S/C9H14N2S/c1-3-9(10)11-6-8-7(2)4-5-12-8/h4-5H,3,6H2,1-2H3,(H2,10,11). The van der Waals surface area contributed by atoms with Crippen molar-refractivity contribution in [3.05, 3.63) is 21.9 Å². The highest BCUT2D eigenvalue weighted by Gasteiger charge is 1.97. The summed E-state index contributed by atoms with van der Waals surface area (Å²) >= 11 is 1.74. The van der Waals surface area contributed by atoms with Gasteiger partial charge in [-0.1, -0.05) is 6.92 Å². The summed E-state index contributed by atoms with van der Waals surface area (Å²) < 4.78 is 0. The third-order valence-corrected chi connectivity index (χ3v) is 2.76. The van der Waals surface area contributed by atoms with Gasteiger partial charge in [0.25, 0.3) is 0 Å². The fourth-order valence-electron chi connectivity index (χ4n) is 0.851. The maximum Gasteiger partial charge on any atom is 0.0938 e. The summed E-state index contributed by atoms with van der Waals surface area (Å²) in [6.07, 6.45) is 0.838. The first-order chi connectivity index (χ1) is 5.74. The molecule has 0 bridgehead atoms. The molecule has 0 atom stereocenters. The van der Waals surface area contributed by atoms with Crippen LogP contribution in [0.15, 0.2) is 16.4 Å². The van der Waals surface area contributed by atoms with Gasteiger partial charge in [0.2, 0.25) is 0 Å². The second-order valence-electron chi connectivity index (χ2n) is 2.69. The van der Waals surface area contributed by atoms with E-state index in [1.807, 2.05) is 6.92 Å². The van der Waals surface area contributed by atoms with E-state index in [4.69, 9.17) is 5.73 Å². The molecule has 0 aromatic carbocycles. The lowest BCUT2D eigenvalue weighted by Gasteiger charge is -1.96. The average Bonchev–Trinajstić information content (AvgIpc) is 2.47. The van der Waals surface area contributed by atoms with E-state index in [2.05, 4.69) is 23.4 Å². The number of thiophene rings is 1. The van der Waals surface area contributed by atoms with E-state index in [0.29, 0.717) is 0 Å². The SMILES string of the molecule is CCC(N)=NCc1sccc1C. The van der Waals surface area contributed by atoms with Crippen molar-refractivity contribution in [2.75, 3.05) is 0 Å². The van der Waals surface area contributed by atoms with Crippen LogP contribution in [0.1, 0.15) is 23.8 Å². The predicted octanol–water partition coefficient (Wildman–Crippen LogP) is 2.32. The van der Waals surface area contributed by atoms with Gasteiger partial charge in [0, 0.05) is 11.3 Å². The summed E-state index contributed by atoms with van der Waals surface area (Å²) in [6, 6.07) is 2.11. The molecule has 0 aliphatic rings. The van der Waals surface area contributed by atoms with Gasteiger partial charge in [-0.3, -0.25) is 4.99 Å². The fraction of sp³-hybridized carbons (Fsp3) is 0.444. The van der Waals surface area contributed by atoms with Crippen LogP contribution in [0.25, 0.3) is 0 Å². The van der Waals surface area contributed by atoms with Crippen molar-refractivity contribution < 1.29 is 0 Å². The van der Waals surface area contributed by atoms with Crippen molar-refractivity contribution in [3.63, 3.8) is 0 Å². The zero-order chi connectivity index (χ0) is 8.97. The highest BCUT2D eigenvalue weighted by Crippen LogP contribution is 2.16. The van der Waals surface area contributed by atoms with Crippen molar-refractivity contribution in [3.8, 4) is 0 Å². The Morgan fingerprint density at radius 2 is 2.42 bits per heavy atom. The molecule has 0 amide bonds. The maximum atomic E-state index is 5.59. The van der Waals surface area contributed by atoms with Crippen LogP contribution in [0.2, 0.25) is 0 Å². The average molecular weight is 182 g/mol. The zero-order valence-electron chi connectivity index (χ0n) is 7.50. The number of nitrogens with zero attached hydrogens (tertiary/aromatic N) is 1. The first-order valence-electron chi connectivity index (χ1n) is 4.05. The van der Waals surface area contributed by atoms with E-state index >= 15 is 0 Å². The van der Waals surface area contributed by atoms with Gasteiger partial charge in [0.1, 0.15) is 0 Å². The summed E-state index contributed by atoms with van der Waals surface area (Å²) in [5.74, 6) is 0.739. The van der Waals surface area contributed by atoms with Gasteiger partial charge in [-0.25, -0.2) is 0 Å². The van der Waals surface area contributed by atoms with Crippen LogP contribution < -0.4 is 5.73 Å². The number of hydrogen-bond acceptors (Lipinski definition) is 2. The Balaban J connectivity index is 2.59. The molecule has 0 aliphatic carbocycles. The summed E-state index contributed by atoms with van der Waals surface area (Å²) in [7, 11) is 0. The van der Waals surface area contributed by atoms with Crippen LogP contribution in [0, 0.1) is 6.92 Å². The Morgan fingerprint density at radius 3 is 2.92 bits per heavy atom. The molecule has 3 heteroatoms. The lowest BCUT2D eigenvalue weighted by atomic mass is 10.3. The van der Waals surface area contributed by atoms with Gasteiger partial charge in [-0.2, -0.15) is 0 Å². The molecule has 1 rings (SSSR count). The van der Waals surface area contributed by atoms with E-state index in [1.54, 1.807) is 11.3 Å². The van der Waals surface area contributed by atoms with Crippen molar-refractivity contribution in [1.82, 2.24) is 0 Å². The molecule has 1 aromatic rings. The number of hydrogen-bond donors (Lipinski definition) is 1. The van der Waals surface area contributed by atoms with E-state index in [-0.39, 0.29) is 0 Å². The number of aryl methyl sites for hydroxylation is 1. The molecule has 0 radical (unpaired) electrons. The molecule has 0 saturated heterocycles. The molecule has 0 spiro atoms. The lowest BCUT2D eigenvalue weighted by Crippen LogP contribution is -2.09. The topological polar surface area (TPSA) is 38.4 Å². The van der Waals surface area contributed by atoms with Crippen molar-refractivity contribution in [2.24, 2.45) is 10.7 Å². The Hall–Kier alpha value is -0.830. The van der Waals surface area contributed by atoms with Gasteiger partial charge in [0.15, 0.2) is 0 Å². The van der Waals surface area contributed by atoms with Gasteiger partial charge in [-0.05, 0) is 23.9 Å². The predicted molar refractivity (Wildman–Crippen MR) is 54.7 cm³/mol. The molecule has 0 unspecified atom stereocenters. The first kappa shape index (κ1) is 9.26. The van der Waals surface area contributed by atoms with Crippen molar-refractivity contribution in [2.45, 2.75) is 26.8 Å². The van der Waals surface area contributed by atoms with Gasteiger partial charge in [0.05, 0.1) is 12.4 Å². The molecule has 66 valence electrons. The van der Waals surface area contributed by atoms with Gasteiger partial charge >= 0.3 is 0 Å². The Kier molecular flexibility index (Phi) is 3.29. The molecule has 2 nitrogen and oxygen atoms in total. The smallest absolute Gasteiger partial charge is 0.0938 e. The van der Waals surface area contributed by atoms with Crippen LogP contribution in [0.4, 0.5) is 0 Å². The summed E-state index contributed by atoms with van der Waals surface area (Å²) in [5.41, 5.74) is 6.91. The molecule has 2 N–H and O–H groups in total. The molecular formula is C9H14N2S. The molecule has 12 heavy (non-hydrogen) atoms. The molecule has 0 saturated carbocycles. The van der Waals surface area contributed by atoms with Crippen molar-refractivity contribution in [1.29, 1.82) is 0 Å². The minimum Gasteiger partial charge on any atom is -0.387 e. The summed E-state index contributed by atoms with van der Waals surface area (Å²) in [6.45, 7) is 4.85. The fourth-order valence-corrected chi connectivity index (χ4v) is 1.68. The normalized spacial score (nSPS) is 12.0. The van der Waals surface area contributed by atoms with Gasteiger partial charge < -0.3 is 5.73 Å². The first-order valence-corrected chi connectivity index (χ1v) is 4.93. The van der Waals surface area contributed by atoms with Crippen LogP contribution in [0.3, 0.4) is 0 Å². The van der Waals surface area contributed by atoms with E-state index in [9.17, 15) is 0 Å². The zero-order valence-corrected chi connectivity index (χ0v) is 8.32. The minimum atomic E-state index is 0.739. The van der Waals surface area contributed by atoms with Crippen molar-refractivity contribution >= 4 is 17.2 Å². The Labute approximate surface area is 77.1 Å². The highest BCUT2D eigenvalue weighted by molar-refractivity contribution is 7.10. The lowest BCUT2D eigenvalue weighted by molar-refractivity contribution is 1.05. The third kappa shape index (κ3) is 2.34. The van der Waals surface area contributed by atoms with E-state index in [1.165, 1.54) is 10.4 Å². The van der Waals surface area contributed by atoms with Crippen LogP contribution in [-0.2, 0) is 6.54 Å². The molecule has 1 aromatic heterocycles. The largest absolute Gasteiger partial charge is 0.387 e. The summed E-state index contributed by atoms with van der Waals surface area (Å²) in [5, 5.41) is 2.09. The molecular weight excluding hydrogens is 168 g/mol. The summed E-state index contributed by atoms with van der Waals surface area (Å²) in [4.78, 5) is 5.56. The Bertz CT molecular complexity index is 276. The number of aliphatic imine (C=N–C) groups is 1. The highest BCUT2D eigenvalue weighted by atomic mass is 32.1. The third-order valence-electron chi connectivity index (χ3n) is 1.76. The van der Waals surface area contributed by atoms with Crippen LogP contribution in [-0.4, -0.2) is 5.84 Å². The molecule has 0 aliphatic heterocycles. The maximum absolute atomic E-state index is 5.59. The molecule has 0 fully saturated rings. The second-order valence-corrected chi connectivity index (χ2v) is 3.69. The van der Waals surface area contributed by atoms with E-state index in [0.717, 1.165) is 18.8 Å².